The molecule has 0 saturated carbocycles. The van der Waals surface area contributed by atoms with Crippen LogP contribution in [0.4, 0.5) is 0 Å². The van der Waals surface area contributed by atoms with Crippen LogP contribution >= 0.6 is 0 Å². The molecule has 0 fully saturated rings. The van der Waals surface area contributed by atoms with Crippen molar-refractivity contribution in [1.82, 2.24) is 9.97 Å². The molecule has 1 heterocycles. The van der Waals surface area contributed by atoms with Crippen molar-refractivity contribution in [2.24, 2.45) is 5.92 Å². The van der Waals surface area contributed by atoms with Crippen LogP contribution in [0.5, 0.6) is 0 Å². The van der Waals surface area contributed by atoms with Crippen LogP contribution in [0.15, 0.2) is 12.5 Å². The van der Waals surface area contributed by atoms with E-state index in [1.54, 1.807) is 6.20 Å². The Morgan fingerprint density at radius 2 is 2.17 bits per heavy atom. The van der Waals surface area contributed by atoms with E-state index in [2.05, 4.69) is 9.97 Å². The lowest BCUT2D eigenvalue weighted by Crippen LogP contribution is -2.10. The number of nitrogens with zero attached hydrogens (tertiary/aromatic N) is 2. The van der Waals surface area contributed by atoms with Crippen molar-refractivity contribution in [2.75, 3.05) is 0 Å². The van der Waals surface area contributed by atoms with Gasteiger partial charge in [0.05, 0.1) is 11.3 Å². The highest BCUT2D eigenvalue weighted by Gasteiger charge is 2.12. The van der Waals surface area contributed by atoms with Crippen molar-refractivity contribution in [2.45, 2.75) is 20.8 Å². The number of carbonyl (C=O) groups excluding carboxylic acids is 1. The smallest absolute Gasteiger partial charge is 0.168 e. The standard InChI is InChI=1S/C9H12N2O/c1-6(2)9(12)8-4-10-5-11-7(8)3/h4-6H,1-3H3. The number of hydrogen-bond acceptors (Lipinski definition) is 3. The minimum Gasteiger partial charge on any atom is -0.294 e. The van der Waals surface area contributed by atoms with Gasteiger partial charge in [-0.15, -0.1) is 0 Å². The molecule has 0 saturated heterocycles. The minimum absolute atomic E-state index is 0.00898. The first-order valence-electron chi connectivity index (χ1n) is 3.93. The molecule has 0 N–H and O–H groups in total. The van der Waals surface area contributed by atoms with E-state index < -0.39 is 0 Å². The number of carbonyl (C=O) groups is 1. The first-order chi connectivity index (χ1) is 5.63. The van der Waals surface area contributed by atoms with Crippen LogP contribution in [-0.4, -0.2) is 15.8 Å². The number of Topliss-reactive ketones (excluding diaryl/α,β-unsaturated/α-hetero) is 1. The molecule has 0 aliphatic heterocycles. The lowest BCUT2D eigenvalue weighted by molar-refractivity contribution is 0.0938. The molecule has 0 atom stereocenters. The molecule has 0 aromatic carbocycles. The number of rotatable bonds is 2. The Hall–Kier alpha value is -1.25. The molecule has 0 radical (unpaired) electrons. The third-order valence-electron chi connectivity index (χ3n) is 1.70. The zero-order chi connectivity index (χ0) is 9.14. The normalized spacial score (nSPS) is 10.3. The maximum absolute atomic E-state index is 11.5. The summed E-state index contributed by atoms with van der Waals surface area (Å²) in [6, 6.07) is 0. The van der Waals surface area contributed by atoms with Crippen LogP contribution in [0.3, 0.4) is 0 Å². The van der Waals surface area contributed by atoms with Crippen LogP contribution in [0.2, 0.25) is 0 Å². The first-order valence-corrected chi connectivity index (χ1v) is 3.93. The maximum atomic E-state index is 11.5. The van der Waals surface area contributed by atoms with E-state index in [0.29, 0.717) is 5.56 Å². The number of hydrogen-bond donors (Lipinski definition) is 0. The lowest BCUT2D eigenvalue weighted by atomic mass is 10.0. The quantitative estimate of drug-likeness (QED) is 0.624. The first kappa shape index (κ1) is 8.84. The molecule has 0 spiro atoms. The summed E-state index contributed by atoms with van der Waals surface area (Å²) in [5.41, 5.74) is 1.39. The molecule has 64 valence electrons. The van der Waals surface area contributed by atoms with Gasteiger partial charge in [0, 0.05) is 12.1 Å². The van der Waals surface area contributed by atoms with Gasteiger partial charge >= 0.3 is 0 Å². The van der Waals surface area contributed by atoms with E-state index in [1.165, 1.54) is 6.33 Å². The fraction of sp³-hybridized carbons (Fsp3) is 0.444. The number of aryl methyl sites for hydroxylation is 1. The molecule has 12 heavy (non-hydrogen) atoms. The van der Waals surface area contributed by atoms with Crippen LogP contribution in [0.1, 0.15) is 29.9 Å². The van der Waals surface area contributed by atoms with Gasteiger partial charge in [-0.2, -0.15) is 0 Å². The second kappa shape index (κ2) is 3.43. The SMILES string of the molecule is Cc1ncncc1C(=O)C(C)C. The highest BCUT2D eigenvalue weighted by molar-refractivity contribution is 5.97. The second-order valence-corrected chi connectivity index (χ2v) is 3.04. The fourth-order valence-electron chi connectivity index (χ4n) is 0.944. The second-order valence-electron chi connectivity index (χ2n) is 3.04. The molecule has 0 amide bonds. The summed E-state index contributed by atoms with van der Waals surface area (Å²) < 4.78 is 0. The molecule has 3 heteroatoms. The third-order valence-corrected chi connectivity index (χ3v) is 1.70. The van der Waals surface area contributed by atoms with Gasteiger partial charge in [-0.25, -0.2) is 9.97 Å². The molecule has 1 aromatic rings. The van der Waals surface area contributed by atoms with E-state index in [-0.39, 0.29) is 11.7 Å². The summed E-state index contributed by atoms with van der Waals surface area (Å²) in [4.78, 5) is 19.3. The van der Waals surface area contributed by atoms with E-state index in [4.69, 9.17) is 0 Å². The topological polar surface area (TPSA) is 42.9 Å². The van der Waals surface area contributed by atoms with Crippen molar-refractivity contribution in [1.29, 1.82) is 0 Å². The van der Waals surface area contributed by atoms with Crippen LogP contribution < -0.4 is 0 Å². The molecular weight excluding hydrogens is 152 g/mol. The van der Waals surface area contributed by atoms with E-state index >= 15 is 0 Å². The molecule has 0 aliphatic rings. The summed E-state index contributed by atoms with van der Waals surface area (Å²) in [6.45, 7) is 5.56. The van der Waals surface area contributed by atoms with Gasteiger partial charge in [0.2, 0.25) is 0 Å². The average Bonchev–Trinajstić information content (AvgIpc) is 2.04. The molecule has 0 bridgehead atoms. The number of ketones is 1. The van der Waals surface area contributed by atoms with Gasteiger partial charge in [0.1, 0.15) is 6.33 Å². The van der Waals surface area contributed by atoms with Gasteiger partial charge in [0.25, 0.3) is 0 Å². The maximum Gasteiger partial charge on any atom is 0.168 e. The van der Waals surface area contributed by atoms with Crippen molar-refractivity contribution in [3.8, 4) is 0 Å². The van der Waals surface area contributed by atoms with Crippen LogP contribution in [0.25, 0.3) is 0 Å². The highest BCUT2D eigenvalue weighted by Crippen LogP contribution is 2.08. The summed E-state index contributed by atoms with van der Waals surface area (Å²) in [7, 11) is 0. The molecule has 1 rings (SSSR count). The van der Waals surface area contributed by atoms with Crippen LogP contribution in [-0.2, 0) is 0 Å². The molecular formula is C9H12N2O. The summed E-state index contributed by atoms with van der Waals surface area (Å²) in [5.74, 6) is 0.114. The van der Waals surface area contributed by atoms with Gasteiger partial charge < -0.3 is 0 Å². The van der Waals surface area contributed by atoms with E-state index in [9.17, 15) is 4.79 Å². The lowest BCUT2D eigenvalue weighted by Gasteiger charge is -2.04. The Morgan fingerprint density at radius 3 is 2.67 bits per heavy atom. The average molecular weight is 164 g/mol. The van der Waals surface area contributed by atoms with Crippen molar-refractivity contribution in [3.63, 3.8) is 0 Å². The Bertz CT molecular complexity index is 294. The molecule has 1 aromatic heterocycles. The van der Waals surface area contributed by atoms with Gasteiger partial charge in [-0.3, -0.25) is 4.79 Å². The summed E-state index contributed by atoms with van der Waals surface area (Å²) in [6.07, 6.45) is 3.02. The van der Waals surface area contributed by atoms with Crippen LogP contribution in [0, 0.1) is 12.8 Å². The minimum atomic E-state index is 0.00898. The molecule has 3 nitrogen and oxygen atoms in total. The monoisotopic (exact) mass is 164 g/mol. The number of aromatic nitrogens is 2. The Labute approximate surface area is 71.9 Å². The van der Waals surface area contributed by atoms with Crippen molar-refractivity contribution < 1.29 is 4.79 Å². The van der Waals surface area contributed by atoms with Crippen molar-refractivity contribution in [3.05, 3.63) is 23.8 Å². The predicted molar refractivity (Wildman–Crippen MR) is 45.9 cm³/mol. The largest absolute Gasteiger partial charge is 0.294 e. The Morgan fingerprint density at radius 1 is 1.50 bits per heavy atom. The third kappa shape index (κ3) is 1.67. The van der Waals surface area contributed by atoms with Gasteiger partial charge in [-0.1, -0.05) is 13.8 Å². The van der Waals surface area contributed by atoms with E-state index in [0.717, 1.165) is 5.69 Å². The Balaban J connectivity index is 3.03. The predicted octanol–water partition coefficient (Wildman–Crippen LogP) is 1.62. The van der Waals surface area contributed by atoms with E-state index in [1.807, 2.05) is 20.8 Å². The van der Waals surface area contributed by atoms with Gasteiger partial charge in [-0.05, 0) is 6.92 Å². The summed E-state index contributed by atoms with van der Waals surface area (Å²) >= 11 is 0. The van der Waals surface area contributed by atoms with Gasteiger partial charge in [0.15, 0.2) is 5.78 Å². The fourth-order valence-corrected chi connectivity index (χ4v) is 0.944. The highest BCUT2D eigenvalue weighted by atomic mass is 16.1. The zero-order valence-corrected chi connectivity index (χ0v) is 7.53. The summed E-state index contributed by atoms with van der Waals surface area (Å²) in [5, 5.41) is 0. The molecule has 0 aliphatic carbocycles. The molecule has 0 unspecified atom stereocenters. The van der Waals surface area contributed by atoms with Crippen molar-refractivity contribution >= 4 is 5.78 Å². The zero-order valence-electron chi connectivity index (χ0n) is 7.53. The Kier molecular flexibility index (Phi) is 2.53.